The Morgan fingerprint density at radius 2 is 1.87 bits per heavy atom. The highest BCUT2D eigenvalue weighted by Crippen LogP contribution is 2.16. The van der Waals surface area contributed by atoms with Crippen LogP contribution in [0.15, 0.2) is 0 Å². The zero-order valence-corrected chi connectivity index (χ0v) is 10.6. The van der Waals surface area contributed by atoms with Crippen LogP contribution in [0.5, 0.6) is 0 Å². The fourth-order valence-electron chi connectivity index (χ4n) is 1.64. The number of esters is 1. The quantitative estimate of drug-likeness (QED) is 0.499. The summed E-state index contributed by atoms with van der Waals surface area (Å²) in [5, 5.41) is 3.05. The van der Waals surface area contributed by atoms with Crippen molar-refractivity contribution < 1.29 is 9.53 Å². The Bertz CT molecular complexity index is 182. The van der Waals surface area contributed by atoms with Gasteiger partial charge in [0.05, 0.1) is 7.11 Å². The molecule has 1 N–H and O–H groups in total. The predicted octanol–water partition coefficient (Wildman–Crippen LogP) is 2.50. The van der Waals surface area contributed by atoms with E-state index >= 15 is 0 Å². The second-order valence-corrected chi connectivity index (χ2v) is 4.24. The first-order valence-corrected chi connectivity index (χ1v) is 5.88. The molecule has 90 valence electrons. The smallest absolute Gasteiger partial charge is 0.325 e. The molecular weight excluding hydrogens is 190 g/mol. The third kappa shape index (κ3) is 5.17. The second-order valence-electron chi connectivity index (χ2n) is 4.24. The lowest BCUT2D eigenvalue weighted by Gasteiger charge is -2.25. The summed E-state index contributed by atoms with van der Waals surface area (Å²) in [7, 11) is 3.25. The van der Waals surface area contributed by atoms with Gasteiger partial charge in [-0.05, 0) is 20.4 Å². The molecule has 1 atom stereocenters. The zero-order chi connectivity index (χ0) is 11.7. The molecule has 15 heavy (non-hydrogen) atoms. The van der Waals surface area contributed by atoms with E-state index in [2.05, 4.69) is 12.2 Å². The maximum absolute atomic E-state index is 11.5. The summed E-state index contributed by atoms with van der Waals surface area (Å²) in [6.45, 7) is 4.10. The van der Waals surface area contributed by atoms with Gasteiger partial charge in [-0.2, -0.15) is 0 Å². The van der Waals surface area contributed by atoms with Crippen LogP contribution in [0.3, 0.4) is 0 Å². The number of likely N-dealkylation sites (N-methyl/N-ethyl adjacent to an activating group) is 1. The number of hydrogen-bond donors (Lipinski definition) is 1. The molecule has 3 nitrogen and oxygen atoms in total. The van der Waals surface area contributed by atoms with E-state index in [-0.39, 0.29) is 5.97 Å². The average Bonchev–Trinajstić information content (AvgIpc) is 2.27. The number of nitrogens with one attached hydrogen (secondary N) is 1. The Kier molecular flexibility index (Phi) is 7.39. The van der Waals surface area contributed by atoms with Gasteiger partial charge in [-0.3, -0.25) is 4.79 Å². The second kappa shape index (κ2) is 7.69. The number of methoxy groups -OCH3 is 1. The van der Waals surface area contributed by atoms with Crippen LogP contribution in [-0.2, 0) is 9.53 Å². The molecular formula is C12H25NO2. The van der Waals surface area contributed by atoms with Gasteiger partial charge >= 0.3 is 5.97 Å². The summed E-state index contributed by atoms with van der Waals surface area (Å²) in [4.78, 5) is 11.5. The molecule has 0 bridgehead atoms. The predicted molar refractivity (Wildman–Crippen MR) is 62.9 cm³/mol. The number of carbonyl (C=O) groups is 1. The van der Waals surface area contributed by atoms with E-state index in [9.17, 15) is 4.79 Å². The minimum atomic E-state index is -0.513. The SMILES string of the molecule is CCCCCCCC(C)(NC)C(=O)OC. The van der Waals surface area contributed by atoms with E-state index in [0.717, 1.165) is 12.8 Å². The molecule has 0 heterocycles. The molecule has 0 aliphatic rings. The van der Waals surface area contributed by atoms with E-state index in [1.165, 1.54) is 32.8 Å². The van der Waals surface area contributed by atoms with Crippen molar-refractivity contribution in [1.82, 2.24) is 5.32 Å². The van der Waals surface area contributed by atoms with Gasteiger partial charge in [-0.25, -0.2) is 0 Å². The standard InChI is InChI=1S/C12H25NO2/c1-5-6-7-8-9-10-12(2,13-3)11(14)15-4/h13H,5-10H2,1-4H3. The number of unbranched alkanes of at least 4 members (excludes halogenated alkanes) is 4. The fourth-order valence-corrected chi connectivity index (χ4v) is 1.64. The Morgan fingerprint density at radius 1 is 1.27 bits per heavy atom. The van der Waals surface area contributed by atoms with Crippen LogP contribution in [-0.4, -0.2) is 25.7 Å². The van der Waals surface area contributed by atoms with Crippen molar-refractivity contribution in [2.45, 2.75) is 57.9 Å². The Balaban J connectivity index is 3.83. The maximum Gasteiger partial charge on any atom is 0.325 e. The summed E-state index contributed by atoms with van der Waals surface area (Å²) in [6, 6.07) is 0. The summed E-state index contributed by atoms with van der Waals surface area (Å²) in [5.41, 5.74) is -0.513. The van der Waals surface area contributed by atoms with Crippen LogP contribution in [0.1, 0.15) is 52.4 Å². The van der Waals surface area contributed by atoms with Gasteiger partial charge in [0.2, 0.25) is 0 Å². The summed E-state index contributed by atoms with van der Waals surface area (Å²) in [6.07, 6.45) is 6.92. The molecule has 0 aliphatic heterocycles. The van der Waals surface area contributed by atoms with E-state index in [1.807, 2.05) is 14.0 Å². The summed E-state index contributed by atoms with van der Waals surface area (Å²) < 4.78 is 4.78. The molecule has 0 saturated carbocycles. The number of rotatable bonds is 8. The van der Waals surface area contributed by atoms with Crippen molar-refractivity contribution in [3.05, 3.63) is 0 Å². The third-order valence-corrected chi connectivity index (χ3v) is 2.97. The fraction of sp³-hybridized carbons (Fsp3) is 0.917. The normalized spacial score (nSPS) is 14.7. The van der Waals surface area contributed by atoms with Crippen LogP contribution in [0.2, 0.25) is 0 Å². The Labute approximate surface area is 93.6 Å². The monoisotopic (exact) mass is 215 g/mol. The van der Waals surface area contributed by atoms with Gasteiger partial charge in [0, 0.05) is 0 Å². The molecule has 0 spiro atoms. The van der Waals surface area contributed by atoms with Crippen LogP contribution in [0.25, 0.3) is 0 Å². The van der Waals surface area contributed by atoms with E-state index < -0.39 is 5.54 Å². The number of hydrogen-bond acceptors (Lipinski definition) is 3. The van der Waals surface area contributed by atoms with Crippen LogP contribution in [0.4, 0.5) is 0 Å². The van der Waals surface area contributed by atoms with Crippen LogP contribution < -0.4 is 5.32 Å². The van der Waals surface area contributed by atoms with Crippen molar-refractivity contribution in [3.8, 4) is 0 Å². The lowest BCUT2D eigenvalue weighted by molar-refractivity contribution is -0.148. The molecule has 0 rings (SSSR count). The lowest BCUT2D eigenvalue weighted by Crippen LogP contribution is -2.48. The minimum absolute atomic E-state index is 0.166. The summed E-state index contributed by atoms with van der Waals surface area (Å²) in [5.74, 6) is -0.166. The molecule has 3 heteroatoms. The minimum Gasteiger partial charge on any atom is -0.468 e. The topological polar surface area (TPSA) is 38.3 Å². The maximum atomic E-state index is 11.5. The van der Waals surface area contributed by atoms with Gasteiger partial charge < -0.3 is 10.1 Å². The highest BCUT2D eigenvalue weighted by molar-refractivity contribution is 5.80. The van der Waals surface area contributed by atoms with E-state index in [1.54, 1.807) is 0 Å². The molecule has 0 aliphatic carbocycles. The molecule has 0 aromatic heterocycles. The number of carbonyl (C=O) groups excluding carboxylic acids is 1. The highest BCUT2D eigenvalue weighted by atomic mass is 16.5. The van der Waals surface area contributed by atoms with Crippen molar-refractivity contribution in [1.29, 1.82) is 0 Å². The molecule has 1 unspecified atom stereocenters. The van der Waals surface area contributed by atoms with E-state index in [4.69, 9.17) is 4.74 Å². The first-order chi connectivity index (χ1) is 7.10. The largest absolute Gasteiger partial charge is 0.468 e. The Hall–Kier alpha value is -0.570. The van der Waals surface area contributed by atoms with Crippen molar-refractivity contribution in [3.63, 3.8) is 0 Å². The van der Waals surface area contributed by atoms with Crippen LogP contribution in [0, 0.1) is 0 Å². The molecule has 0 radical (unpaired) electrons. The van der Waals surface area contributed by atoms with Crippen LogP contribution >= 0.6 is 0 Å². The first kappa shape index (κ1) is 14.4. The van der Waals surface area contributed by atoms with Gasteiger partial charge in [-0.15, -0.1) is 0 Å². The lowest BCUT2D eigenvalue weighted by atomic mass is 9.94. The first-order valence-electron chi connectivity index (χ1n) is 5.88. The Morgan fingerprint density at radius 3 is 2.33 bits per heavy atom. The molecule has 0 aromatic carbocycles. The van der Waals surface area contributed by atoms with Crippen molar-refractivity contribution >= 4 is 5.97 Å². The molecule has 0 saturated heterocycles. The molecule has 0 amide bonds. The molecule has 0 fully saturated rings. The van der Waals surface area contributed by atoms with Gasteiger partial charge in [0.1, 0.15) is 5.54 Å². The van der Waals surface area contributed by atoms with Gasteiger partial charge in [0.15, 0.2) is 0 Å². The average molecular weight is 215 g/mol. The van der Waals surface area contributed by atoms with Crippen molar-refractivity contribution in [2.75, 3.05) is 14.2 Å². The molecule has 0 aromatic rings. The highest BCUT2D eigenvalue weighted by Gasteiger charge is 2.31. The van der Waals surface area contributed by atoms with Gasteiger partial charge in [-0.1, -0.05) is 39.0 Å². The third-order valence-electron chi connectivity index (χ3n) is 2.97. The zero-order valence-electron chi connectivity index (χ0n) is 10.6. The van der Waals surface area contributed by atoms with E-state index in [0.29, 0.717) is 0 Å². The number of ether oxygens (including phenoxy) is 1. The van der Waals surface area contributed by atoms with Gasteiger partial charge in [0.25, 0.3) is 0 Å². The van der Waals surface area contributed by atoms with Crippen molar-refractivity contribution in [2.24, 2.45) is 0 Å². The summed E-state index contributed by atoms with van der Waals surface area (Å²) >= 11 is 0.